The Morgan fingerprint density at radius 2 is 1.84 bits per heavy atom. The van der Waals surface area contributed by atoms with Crippen LogP contribution in [-0.4, -0.2) is 40.2 Å². The van der Waals surface area contributed by atoms with E-state index >= 15 is 0 Å². The number of fused-ring (bicyclic) bond motifs is 1. The lowest BCUT2D eigenvalue weighted by Gasteiger charge is -2.09. The van der Waals surface area contributed by atoms with Gasteiger partial charge in [0.25, 0.3) is 5.91 Å². The second-order valence-corrected chi connectivity index (χ2v) is 10.4. The summed E-state index contributed by atoms with van der Waals surface area (Å²) < 4.78 is 5.73. The van der Waals surface area contributed by atoms with Gasteiger partial charge in [-0.25, -0.2) is 9.67 Å². The number of hydrogen-bond acceptors (Lipinski definition) is 5. The molecular weight excluding hydrogens is 476 g/mol. The second-order valence-electron chi connectivity index (χ2n) is 10.4. The summed E-state index contributed by atoms with van der Waals surface area (Å²) in [6.45, 7) is 5.58. The highest BCUT2D eigenvalue weighted by molar-refractivity contribution is 6.13. The lowest BCUT2D eigenvalue weighted by Crippen LogP contribution is -2.13. The summed E-state index contributed by atoms with van der Waals surface area (Å²) in [7, 11) is 0. The highest BCUT2D eigenvalue weighted by Gasteiger charge is 2.34. The van der Waals surface area contributed by atoms with Crippen molar-refractivity contribution in [3.8, 4) is 5.69 Å². The number of rotatable bonds is 8. The number of carbonyl (C=O) groups excluding carboxylic acids is 1. The Balaban J connectivity index is 1.25. The second kappa shape index (κ2) is 8.93. The van der Waals surface area contributed by atoms with E-state index in [4.69, 9.17) is 10.1 Å². The predicted octanol–water partition coefficient (Wildman–Crippen LogP) is 5.20. The van der Waals surface area contributed by atoms with Gasteiger partial charge in [0.1, 0.15) is 0 Å². The molecule has 2 aliphatic rings. The van der Waals surface area contributed by atoms with Crippen molar-refractivity contribution in [2.45, 2.75) is 64.5 Å². The summed E-state index contributed by atoms with van der Waals surface area (Å²) in [6.07, 6.45) is 9.85. The molecule has 192 valence electrons. The van der Waals surface area contributed by atoms with E-state index in [0.717, 1.165) is 71.6 Å². The number of nitrogens with one attached hydrogen (secondary N) is 1. The Labute approximate surface area is 220 Å². The van der Waals surface area contributed by atoms with E-state index in [0.29, 0.717) is 29.6 Å². The van der Waals surface area contributed by atoms with Crippen molar-refractivity contribution in [2.24, 2.45) is 0 Å². The van der Waals surface area contributed by atoms with Crippen LogP contribution in [0.25, 0.3) is 16.7 Å². The molecule has 0 spiro atoms. The van der Waals surface area contributed by atoms with Crippen molar-refractivity contribution in [2.75, 3.05) is 5.32 Å². The summed E-state index contributed by atoms with van der Waals surface area (Å²) in [5, 5.41) is 17.9. The Bertz CT molecular complexity index is 1650. The number of amides is 1. The number of para-hydroxylation sites is 1. The van der Waals surface area contributed by atoms with Gasteiger partial charge in [-0.2, -0.15) is 15.3 Å². The molecule has 2 aliphatic carbocycles. The van der Waals surface area contributed by atoms with Crippen molar-refractivity contribution in [1.82, 2.24) is 34.3 Å². The fraction of sp³-hybridized carbons (Fsp3) is 0.345. The van der Waals surface area contributed by atoms with Gasteiger partial charge in [0, 0.05) is 41.5 Å². The zero-order chi connectivity index (χ0) is 25.8. The number of carbonyl (C=O) groups is 1. The van der Waals surface area contributed by atoms with Crippen LogP contribution in [0.2, 0.25) is 0 Å². The normalized spacial score (nSPS) is 15.3. The van der Waals surface area contributed by atoms with E-state index in [9.17, 15) is 4.79 Å². The van der Waals surface area contributed by atoms with E-state index in [1.165, 1.54) is 0 Å². The van der Waals surface area contributed by atoms with Gasteiger partial charge in [-0.3, -0.25) is 14.2 Å². The molecule has 7 rings (SSSR count). The third-order valence-electron chi connectivity index (χ3n) is 7.62. The van der Waals surface area contributed by atoms with Crippen LogP contribution in [0.5, 0.6) is 0 Å². The highest BCUT2D eigenvalue weighted by Crippen LogP contribution is 2.45. The number of anilines is 1. The van der Waals surface area contributed by atoms with Gasteiger partial charge in [-0.1, -0.05) is 18.2 Å². The smallest absolute Gasteiger partial charge is 0.256 e. The fourth-order valence-electron chi connectivity index (χ4n) is 5.17. The van der Waals surface area contributed by atoms with Crippen molar-refractivity contribution >= 4 is 22.6 Å². The van der Waals surface area contributed by atoms with Crippen LogP contribution in [0.3, 0.4) is 0 Å². The van der Waals surface area contributed by atoms with Gasteiger partial charge in [0.15, 0.2) is 5.65 Å². The van der Waals surface area contributed by atoms with Crippen molar-refractivity contribution in [3.05, 3.63) is 83.2 Å². The van der Waals surface area contributed by atoms with E-state index in [1.54, 1.807) is 6.20 Å². The zero-order valence-corrected chi connectivity index (χ0v) is 21.6. The molecule has 9 heteroatoms. The van der Waals surface area contributed by atoms with Gasteiger partial charge >= 0.3 is 0 Å². The molecule has 0 atom stereocenters. The van der Waals surface area contributed by atoms with Crippen LogP contribution in [0.1, 0.15) is 77.4 Å². The van der Waals surface area contributed by atoms with E-state index < -0.39 is 0 Å². The molecule has 0 bridgehead atoms. The van der Waals surface area contributed by atoms with E-state index in [-0.39, 0.29) is 5.91 Å². The molecule has 4 heterocycles. The number of pyridine rings is 1. The monoisotopic (exact) mass is 506 g/mol. The largest absolute Gasteiger partial charge is 0.319 e. The standard InChI is InChI=1S/C29H30N8O/c1-3-36-18(2)21(14-31-36)16-35-17-22(15-30-35)32-29(38)24-13-25(19-9-10-19)33-28-26(24)27(20-11-12-20)34-37(28)23-7-5-4-6-8-23/h4-8,13-15,17,19-20H,3,9-12,16H2,1-2H3,(H,32,38). The van der Waals surface area contributed by atoms with Crippen LogP contribution in [0, 0.1) is 6.92 Å². The van der Waals surface area contributed by atoms with Gasteiger partial charge in [-0.05, 0) is 57.7 Å². The van der Waals surface area contributed by atoms with Crippen LogP contribution >= 0.6 is 0 Å². The van der Waals surface area contributed by atoms with Crippen LogP contribution in [-0.2, 0) is 13.1 Å². The molecule has 0 radical (unpaired) electrons. The first-order valence-electron chi connectivity index (χ1n) is 13.4. The molecule has 38 heavy (non-hydrogen) atoms. The molecule has 2 saturated carbocycles. The minimum atomic E-state index is -0.150. The van der Waals surface area contributed by atoms with Gasteiger partial charge < -0.3 is 5.32 Å². The molecule has 1 N–H and O–H groups in total. The molecule has 1 aromatic carbocycles. The lowest BCUT2D eigenvalue weighted by molar-refractivity contribution is 0.102. The van der Waals surface area contributed by atoms with E-state index in [1.807, 2.05) is 62.8 Å². The summed E-state index contributed by atoms with van der Waals surface area (Å²) in [5.41, 5.74) is 7.23. The summed E-state index contributed by atoms with van der Waals surface area (Å²) >= 11 is 0. The number of hydrogen-bond donors (Lipinski definition) is 1. The van der Waals surface area contributed by atoms with Gasteiger partial charge in [0.2, 0.25) is 0 Å². The molecule has 0 aliphatic heterocycles. The van der Waals surface area contributed by atoms with Crippen LogP contribution in [0.15, 0.2) is 55.0 Å². The summed E-state index contributed by atoms with van der Waals surface area (Å²) in [5.74, 6) is 0.630. The minimum absolute atomic E-state index is 0.150. The maximum Gasteiger partial charge on any atom is 0.256 e. The third-order valence-corrected chi connectivity index (χ3v) is 7.62. The maximum absolute atomic E-state index is 13.8. The van der Waals surface area contributed by atoms with Gasteiger partial charge in [0.05, 0.1) is 47.0 Å². The maximum atomic E-state index is 13.8. The third kappa shape index (κ3) is 4.08. The summed E-state index contributed by atoms with van der Waals surface area (Å²) in [4.78, 5) is 18.9. The number of benzene rings is 1. The fourth-order valence-corrected chi connectivity index (χ4v) is 5.17. The average Bonchev–Trinajstić information content (AvgIpc) is 3.86. The summed E-state index contributed by atoms with van der Waals surface area (Å²) in [6, 6.07) is 12.1. The highest BCUT2D eigenvalue weighted by atomic mass is 16.1. The lowest BCUT2D eigenvalue weighted by atomic mass is 10.0. The first-order chi connectivity index (χ1) is 18.6. The van der Waals surface area contributed by atoms with Crippen LogP contribution in [0.4, 0.5) is 5.69 Å². The number of aryl methyl sites for hydroxylation is 1. The quantitative estimate of drug-likeness (QED) is 0.312. The number of nitrogens with zero attached hydrogens (tertiary/aromatic N) is 7. The van der Waals surface area contributed by atoms with Crippen molar-refractivity contribution in [1.29, 1.82) is 0 Å². The first-order valence-corrected chi connectivity index (χ1v) is 13.4. The minimum Gasteiger partial charge on any atom is -0.319 e. The first kappa shape index (κ1) is 22.9. The molecule has 0 unspecified atom stereocenters. The number of aromatic nitrogens is 7. The molecular formula is C29H30N8O. The molecule has 2 fully saturated rings. The van der Waals surface area contributed by atoms with Crippen LogP contribution < -0.4 is 5.32 Å². The van der Waals surface area contributed by atoms with E-state index in [2.05, 4.69) is 29.4 Å². The topological polar surface area (TPSA) is 95.5 Å². The molecule has 5 aromatic rings. The molecule has 0 saturated heterocycles. The Hall–Kier alpha value is -4.27. The zero-order valence-electron chi connectivity index (χ0n) is 21.6. The Morgan fingerprint density at radius 1 is 1.05 bits per heavy atom. The van der Waals surface area contributed by atoms with Gasteiger partial charge in [-0.15, -0.1) is 0 Å². The molecule has 9 nitrogen and oxygen atoms in total. The average molecular weight is 507 g/mol. The predicted molar refractivity (Wildman–Crippen MR) is 145 cm³/mol. The van der Waals surface area contributed by atoms with Crippen molar-refractivity contribution in [3.63, 3.8) is 0 Å². The Kier molecular flexibility index (Phi) is 5.38. The molecule has 4 aromatic heterocycles. The SMILES string of the molecule is CCn1ncc(Cn2cc(NC(=O)c3cc(C4CC4)nc4c3c(C3CC3)nn4-c3ccccc3)cn2)c1C. The van der Waals surface area contributed by atoms with Crippen molar-refractivity contribution < 1.29 is 4.79 Å². The Morgan fingerprint density at radius 3 is 2.55 bits per heavy atom. The molecule has 1 amide bonds.